The number of halogens is 1. The highest BCUT2D eigenvalue weighted by molar-refractivity contribution is 8.15. The van der Waals surface area contributed by atoms with E-state index in [1.165, 1.54) is 6.26 Å². The Morgan fingerprint density at radius 3 is 1.78 bits per heavy atom. The van der Waals surface area contributed by atoms with Gasteiger partial charge in [-0.1, -0.05) is 0 Å². The fourth-order valence-electron chi connectivity index (χ4n) is 0.489. The second-order valence-corrected chi connectivity index (χ2v) is 11.2. The van der Waals surface area contributed by atoms with Crippen molar-refractivity contribution >= 4 is 27.9 Å². The molecule has 9 heavy (non-hydrogen) atoms. The van der Waals surface area contributed by atoms with E-state index in [0.717, 1.165) is 0 Å². The lowest BCUT2D eigenvalue weighted by Crippen LogP contribution is -2.17. The predicted molar refractivity (Wildman–Crippen MR) is 45.7 cm³/mol. The molecule has 5 heteroatoms. The minimum absolute atomic E-state index is 1.45. The number of nitrogens with zero attached hydrogens (tertiary/aromatic N) is 1. The summed E-state index contributed by atoms with van der Waals surface area (Å²) in [5, 5.41) is 0. The van der Waals surface area contributed by atoms with Crippen LogP contribution in [0, 0.1) is 0 Å². The van der Waals surface area contributed by atoms with Crippen molar-refractivity contribution < 1.29 is 4.21 Å². The van der Waals surface area contributed by atoms with Crippen molar-refractivity contribution in [1.82, 2.24) is 0 Å². The van der Waals surface area contributed by atoms with E-state index in [9.17, 15) is 4.21 Å². The van der Waals surface area contributed by atoms with Crippen molar-refractivity contribution in [3.8, 4) is 0 Å². The van der Waals surface area contributed by atoms with Crippen LogP contribution in [0.25, 0.3) is 0 Å². The zero-order valence-corrected chi connectivity index (χ0v) is 8.71. The molecule has 0 rings (SSSR count). The summed E-state index contributed by atoms with van der Waals surface area (Å²) < 4.78 is 14.8. The van der Waals surface area contributed by atoms with Gasteiger partial charge in [0.2, 0.25) is 0 Å². The molecule has 0 aliphatic heterocycles. The van der Waals surface area contributed by atoms with Gasteiger partial charge in [-0.3, -0.25) is 4.03 Å². The maximum atomic E-state index is 10.8. The zero-order chi connectivity index (χ0) is 7.71. The van der Waals surface area contributed by atoms with Gasteiger partial charge in [0.1, 0.15) is 8.94 Å². The first kappa shape index (κ1) is 9.46. The van der Waals surface area contributed by atoms with Crippen molar-refractivity contribution in [3.05, 3.63) is 0 Å². The molecule has 0 saturated heterocycles. The van der Waals surface area contributed by atoms with Crippen LogP contribution in [-0.2, 0) is 8.94 Å². The number of rotatable bonds is 1. The molecule has 0 N–H and O–H groups in total. The molecule has 1 unspecified atom stereocenters. The molecular weight excluding hydrogens is 174 g/mol. The second kappa shape index (κ2) is 2.60. The van der Waals surface area contributed by atoms with Crippen LogP contribution in [0.4, 0.5) is 0 Å². The quantitative estimate of drug-likeness (QED) is 0.455. The zero-order valence-electron chi connectivity index (χ0n) is 6.14. The smallest absolute Gasteiger partial charge is 0.186 e. The molecular formula is C4H12ClNOSSi. The van der Waals surface area contributed by atoms with Gasteiger partial charge in [-0.15, -0.1) is 0 Å². The fourth-order valence-corrected chi connectivity index (χ4v) is 6.27. The lowest BCUT2D eigenvalue weighted by molar-refractivity contribution is 0.689. The van der Waals surface area contributed by atoms with Crippen molar-refractivity contribution in [2.45, 2.75) is 19.6 Å². The van der Waals surface area contributed by atoms with Gasteiger partial charge in [-0.2, -0.15) is 0 Å². The molecule has 0 fully saturated rings. The molecule has 0 bridgehead atoms. The second-order valence-electron chi connectivity index (χ2n) is 2.97. The summed E-state index contributed by atoms with van der Waals surface area (Å²) >= 11 is 0. The molecule has 0 aliphatic carbocycles. The monoisotopic (exact) mass is 185 g/mol. The van der Waals surface area contributed by atoms with E-state index < -0.39 is 17.2 Å². The third-order valence-corrected chi connectivity index (χ3v) is 4.55. The molecule has 0 aromatic heterocycles. The Bertz CT molecular complexity index is 193. The van der Waals surface area contributed by atoms with Gasteiger partial charge in [-0.25, -0.2) is 4.21 Å². The third kappa shape index (κ3) is 8.46. The number of hydrogen-bond donors (Lipinski definition) is 0. The first-order valence-corrected chi connectivity index (χ1v) is 8.83. The first-order chi connectivity index (χ1) is 3.71. The minimum Gasteiger partial charge on any atom is -0.266 e. The Morgan fingerprint density at radius 1 is 1.44 bits per heavy atom. The average molecular weight is 186 g/mol. The Labute approximate surface area is 62.4 Å². The van der Waals surface area contributed by atoms with Gasteiger partial charge < -0.3 is 0 Å². The van der Waals surface area contributed by atoms with E-state index in [1.807, 2.05) is 19.6 Å². The van der Waals surface area contributed by atoms with Crippen LogP contribution in [0.2, 0.25) is 19.6 Å². The topological polar surface area (TPSA) is 29.4 Å². The normalized spacial score (nSPS) is 18.8. The van der Waals surface area contributed by atoms with Crippen molar-refractivity contribution in [2.24, 2.45) is 4.03 Å². The van der Waals surface area contributed by atoms with Crippen LogP contribution in [0.3, 0.4) is 0 Å². The SMILES string of the molecule is C[Si](C)(C)N=S(C)(=O)Cl. The lowest BCUT2D eigenvalue weighted by atomic mass is 11.8. The molecule has 0 aromatic rings. The third-order valence-electron chi connectivity index (χ3n) is 0.437. The first-order valence-electron chi connectivity index (χ1n) is 2.64. The fraction of sp³-hybridized carbons (Fsp3) is 1.00. The van der Waals surface area contributed by atoms with E-state index in [4.69, 9.17) is 10.7 Å². The van der Waals surface area contributed by atoms with Crippen LogP contribution in [-0.4, -0.2) is 18.7 Å². The Kier molecular flexibility index (Phi) is 2.73. The highest BCUT2D eigenvalue weighted by Gasteiger charge is 2.13. The van der Waals surface area contributed by atoms with Crippen LogP contribution < -0.4 is 0 Å². The molecule has 2 nitrogen and oxygen atoms in total. The summed E-state index contributed by atoms with van der Waals surface area (Å²) in [6, 6.07) is 0. The Hall–Kier alpha value is 0.457. The Morgan fingerprint density at radius 2 is 1.78 bits per heavy atom. The highest BCUT2D eigenvalue weighted by atomic mass is 35.7. The number of hydrogen-bond acceptors (Lipinski definition) is 2. The standard InChI is InChI=1S/C4H12ClNOSSi/c1-8(5,7)6-9(2,3)4/h1-4H3. The van der Waals surface area contributed by atoms with Crippen molar-refractivity contribution in [3.63, 3.8) is 0 Å². The van der Waals surface area contributed by atoms with E-state index >= 15 is 0 Å². The molecule has 0 radical (unpaired) electrons. The van der Waals surface area contributed by atoms with E-state index in [-0.39, 0.29) is 0 Å². The summed E-state index contributed by atoms with van der Waals surface area (Å²) in [4.78, 5) is 0. The summed E-state index contributed by atoms with van der Waals surface area (Å²) in [5.41, 5.74) is 0. The largest absolute Gasteiger partial charge is 0.266 e. The summed E-state index contributed by atoms with van der Waals surface area (Å²) in [5.74, 6) is 0. The molecule has 0 spiro atoms. The van der Waals surface area contributed by atoms with Crippen molar-refractivity contribution in [1.29, 1.82) is 0 Å². The Balaban J connectivity index is 4.53. The maximum absolute atomic E-state index is 10.8. The van der Waals surface area contributed by atoms with Crippen molar-refractivity contribution in [2.75, 3.05) is 6.26 Å². The van der Waals surface area contributed by atoms with Gasteiger partial charge in [0.05, 0.1) is 0 Å². The highest BCUT2D eigenvalue weighted by Crippen LogP contribution is 2.08. The summed E-state index contributed by atoms with van der Waals surface area (Å²) in [6.45, 7) is 6.00. The molecule has 1 atom stereocenters. The van der Waals surface area contributed by atoms with E-state index in [0.29, 0.717) is 0 Å². The average Bonchev–Trinajstić information content (AvgIpc) is 1.14. The van der Waals surface area contributed by atoms with Gasteiger partial charge in [-0.05, 0) is 30.3 Å². The van der Waals surface area contributed by atoms with Gasteiger partial charge >= 0.3 is 0 Å². The molecule has 0 aromatic carbocycles. The molecule has 0 saturated carbocycles. The predicted octanol–water partition coefficient (Wildman–Crippen LogP) is 2.07. The van der Waals surface area contributed by atoms with Crippen LogP contribution in [0.1, 0.15) is 0 Å². The van der Waals surface area contributed by atoms with Crippen LogP contribution in [0.15, 0.2) is 4.03 Å². The van der Waals surface area contributed by atoms with Crippen LogP contribution >= 0.6 is 10.7 Å². The minimum atomic E-state index is -2.37. The maximum Gasteiger partial charge on any atom is 0.186 e. The molecule has 56 valence electrons. The van der Waals surface area contributed by atoms with Gasteiger partial charge in [0.15, 0.2) is 8.24 Å². The summed E-state index contributed by atoms with van der Waals surface area (Å²) in [7, 11) is 1.47. The van der Waals surface area contributed by atoms with E-state index in [1.54, 1.807) is 0 Å². The molecule has 0 amide bonds. The van der Waals surface area contributed by atoms with Crippen LogP contribution in [0.5, 0.6) is 0 Å². The molecule has 0 aliphatic rings. The van der Waals surface area contributed by atoms with E-state index in [2.05, 4.69) is 4.03 Å². The van der Waals surface area contributed by atoms with Gasteiger partial charge in [0.25, 0.3) is 0 Å². The van der Waals surface area contributed by atoms with Gasteiger partial charge in [0, 0.05) is 6.26 Å². The lowest BCUT2D eigenvalue weighted by Gasteiger charge is -2.07. The summed E-state index contributed by atoms with van der Waals surface area (Å²) in [6.07, 6.45) is 1.45. The molecule has 0 heterocycles.